The molecule has 4 N–H and O–H groups in total. The van der Waals surface area contributed by atoms with Crippen molar-refractivity contribution in [2.45, 2.75) is 70.4 Å². The van der Waals surface area contributed by atoms with Gasteiger partial charge in [-0.1, -0.05) is 12.8 Å². The van der Waals surface area contributed by atoms with Crippen LogP contribution < -0.4 is 16.4 Å². The summed E-state index contributed by atoms with van der Waals surface area (Å²) >= 11 is 0. The van der Waals surface area contributed by atoms with Crippen LogP contribution in [0.5, 0.6) is 0 Å². The Morgan fingerprint density at radius 3 is 3.00 bits per heavy atom. The van der Waals surface area contributed by atoms with E-state index < -0.39 is 0 Å². The molecule has 2 atom stereocenters. The summed E-state index contributed by atoms with van der Waals surface area (Å²) in [4.78, 5) is 10.6. The summed E-state index contributed by atoms with van der Waals surface area (Å²) in [6.07, 6.45) is 9.03. The molecule has 0 bridgehead atoms. The Morgan fingerprint density at radius 1 is 1.39 bits per heavy atom. The topological polar surface area (TPSA) is 67.2 Å². The van der Waals surface area contributed by atoms with Crippen molar-refractivity contribution >= 4 is 5.91 Å². The van der Waals surface area contributed by atoms with E-state index in [1.165, 1.54) is 38.6 Å². The number of hydrogen-bond donors (Lipinski definition) is 3. The quantitative estimate of drug-likeness (QED) is 0.576. The summed E-state index contributed by atoms with van der Waals surface area (Å²) in [5.41, 5.74) is 5.11. The first-order valence-electron chi connectivity index (χ1n) is 7.43. The second-order valence-corrected chi connectivity index (χ2v) is 5.51. The van der Waals surface area contributed by atoms with Gasteiger partial charge in [-0.05, 0) is 52.1 Å². The van der Waals surface area contributed by atoms with Crippen molar-refractivity contribution in [1.82, 2.24) is 10.6 Å². The van der Waals surface area contributed by atoms with Crippen LogP contribution in [0.4, 0.5) is 0 Å². The third-order valence-electron chi connectivity index (χ3n) is 3.64. The van der Waals surface area contributed by atoms with Crippen LogP contribution in [0.1, 0.15) is 58.3 Å². The smallest absolute Gasteiger partial charge is 0.217 e. The molecule has 4 nitrogen and oxygen atoms in total. The molecular formula is C14H29N3O. The van der Waals surface area contributed by atoms with Crippen molar-refractivity contribution in [2.75, 3.05) is 13.1 Å². The highest BCUT2D eigenvalue weighted by Gasteiger charge is 2.14. The molecule has 0 radical (unpaired) electrons. The van der Waals surface area contributed by atoms with Gasteiger partial charge >= 0.3 is 0 Å². The van der Waals surface area contributed by atoms with Crippen LogP contribution in [0.15, 0.2) is 0 Å². The lowest BCUT2D eigenvalue weighted by atomic mass is 10.0. The summed E-state index contributed by atoms with van der Waals surface area (Å²) < 4.78 is 0. The third kappa shape index (κ3) is 7.67. The zero-order valence-electron chi connectivity index (χ0n) is 11.7. The Bertz CT molecular complexity index is 225. The predicted octanol–water partition coefficient (Wildman–Crippen LogP) is 1.54. The average Bonchev–Trinajstić information content (AvgIpc) is 2.56. The summed E-state index contributed by atoms with van der Waals surface area (Å²) in [6, 6.07) is 1.23. The molecule has 1 rings (SSSR count). The molecule has 1 fully saturated rings. The number of hydrogen-bond acceptors (Lipinski definition) is 3. The van der Waals surface area contributed by atoms with Crippen molar-refractivity contribution in [2.24, 2.45) is 5.73 Å². The van der Waals surface area contributed by atoms with Crippen LogP contribution >= 0.6 is 0 Å². The first kappa shape index (κ1) is 15.4. The Labute approximate surface area is 111 Å². The molecule has 0 aromatic carbocycles. The van der Waals surface area contributed by atoms with E-state index >= 15 is 0 Å². The third-order valence-corrected chi connectivity index (χ3v) is 3.64. The first-order chi connectivity index (χ1) is 8.68. The molecule has 1 heterocycles. The van der Waals surface area contributed by atoms with Gasteiger partial charge in [0, 0.05) is 18.5 Å². The van der Waals surface area contributed by atoms with E-state index in [1.54, 1.807) is 0 Å². The Hall–Kier alpha value is -0.610. The molecule has 1 amide bonds. The average molecular weight is 255 g/mol. The lowest BCUT2D eigenvalue weighted by Gasteiger charge is -2.21. The number of rotatable bonds is 8. The van der Waals surface area contributed by atoms with Crippen LogP contribution in [0.2, 0.25) is 0 Å². The zero-order chi connectivity index (χ0) is 13.2. The van der Waals surface area contributed by atoms with E-state index in [0.717, 1.165) is 19.4 Å². The zero-order valence-corrected chi connectivity index (χ0v) is 11.7. The molecule has 0 aliphatic carbocycles. The second kappa shape index (κ2) is 9.34. The van der Waals surface area contributed by atoms with Gasteiger partial charge in [-0.25, -0.2) is 0 Å². The van der Waals surface area contributed by atoms with Gasteiger partial charge in [0.05, 0.1) is 0 Å². The first-order valence-corrected chi connectivity index (χ1v) is 7.43. The molecule has 1 aliphatic rings. The number of primary amides is 1. The van der Waals surface area contributed by atoms with Crippen LogP contribution in [0, 0.1) is 0 Å². The summed E-state index contributed by atoms with van der Waals surface area (Å²) in [5, 5.41) is 7.16. The van der Waals surface area contributed by atoms with Crippen molar-refractivity contribution in [3.8, 4) is 0 Å². The summed E-state index contributed by atoms with van der Waals surface area (Å²) in [7, 11) is 0. The number of carbonyl (C=O) groups is 1. The maximum Gasteiger partial charge on any atom is 0.217 e. The minimum atomic E-state index is -0.189. The van der Waals surface area contributed by atoms with Crippen molar-refractivity contribution < 1.29 is 4.79 Å². The minimum absolute atomic E-state index is 0.189. The minimum Gasteiger partial charge on any atom is -0.370 e. The normalized spacial score (nSPS) is 22.4. The molecular weight excluding hydrogens is 226 g/mol. The molecule has 4 heteroatoms. The van der Waals surface area contributed by atoms with Gasteiger partial charge in [-0.15, -0.1) is 0 Å². The van der Waals surface area contributed by atoms with Crippen LogP contribution in [-0.4, -0.2) is 31.1 Å². The lowest BCUT2D eigenvalue weighted by molar-refractivity contribution is -0.118. The standard InChI is InChI=1S/C14H29N3O/c1-12(16-9-6-4-8-14(15)18)11-13-7-3-2-5-10-17-13/h12-13,16-17H,2-11H2,1H3,(H2,15,18). The molecule has 0 aromatic rings. The van der Waals surface area contributed by atoms with E-state index in [2.05, 4.69) is 17.6 Å². The fraction of sp³-hybridized carbons (Fsp3) is 0.929. The molecule has 0 saturated carbocycles. The fourth-order valence-corrected chi connectivity index (χ4v) is 2.58. The number of amides is 1. The highest BCUT2D eigenvalue weighted by molar-refractivity contribution is 5.73. The number of nitrogens with two attached hydrogens (primary N) is 1. The van der Waals surface area contributed by atoms with Gasteiger partial charge in [0.1, 0.15) is 0 Å². The van der Waals surface area contributed by atoms with Crippen LogP contribution in [-0.2, 0) is 4.79 Å². The number of nitrogens with one attached hydrogen (secondary N) is 2. The fourth-order valence-electron chi connectivity index (χ4n) is 2.58. The Morgan fingerprint density at radius 2 is 2.22 bits per heavy atom. The van der Waals surface area contributed by atoms with Crippen molar-refractivity contribution in [1.29, 1.82) is 0 Å². The van der Waals surface area contributed by atoms with Gasteiger partial charge in [0.15, 0.2) is 0 Å². The number of unbranched alkanes of at least 4 members (excludes halogenated alkanes) is 1. The van der Waals surface area contributed by atoms with Gasteiger partial charge in [-0.2, -0.15) is 0 Å². The van der Waals surface area contributed by atoms with Crippen molar-refractivity contribution in [3.05, 3.63) is 0 Å². The van der Waals surface area contributed by atoms with E-state index in [1.807, 2.05) is 0 Å². The highest BCUT2D eigenvalue weighted by atomic mass is 16.1. The van der Waals surface area contributed by atoms with Gasteiger partial charge < -0.3 is 16.4 Å². The lowest BCUT2D eigenvalue weighted by Crippen LogP contribution is -2.37. The van der Waals surface area contributed by atoms with E-state index in [0.29, 0.717) is 18.5 Å². The van der Waals surface area contributed by atoms with Crippen molar-refractivity contribution in [3.63, 3.8) is 0 Å². The molecule has 0 spiro atoms. The molecule has 2 unspecified atom stereocenters. The summed E-state index contributed by atoms with van der Waals surface area (Å²) in [6.45, 7) is 4.41. The number of carbonyl (C=O) groups excluding carboxylic acids is 1. The van der Waals surface area contributed by atoms with Gasteiger partial charge in [0.2, 0.25) is 5.91 Å². The Balaban J connectivity index is 2.01. The van der Waals surface area contributed by atoms with Crippen LogP contribution in [0.3, 0.4) is 0 Å². The van der Waals surface area contributed by atoms with E-state index in [-0.39, 0.29) is 5.91 Å². The van der Waals surface area contributed by atoms with E-state index in [9.17, 15) is 4.79 Å². The maximum atomic E-state index is 10.6. The Kier molecular flexibility index (Phi) is 8.01. The van der Waals surface area contributed by atoms with Crippen LogP contribution in [0.25, 0.3) is 0 Å². The second-order valence-electron chi connectivity index (χ2n) is 5.51. The molecule has 1 aliphatic heterocycles. The predicted molar refractivity (Wildman–Crippen MR) is 75.4 cm³/mol. The molecule has 106 valence electrons. The summed E-state index contributed by atoms with van der Waals surface area (Å²) in [5.74, 6) is -0.189. The largest absolute Gasteiger partial charge is 0.370 e. The van der Waals surface area contributed by atoms with Gasteiger partial charge in [-0.3, -0.25) is 4.79 Å². The molecule has 18 heavy (non-hydrogen) atoms. The monoisotopic (exact) mass is 255 g/mol. The van der Waals surface area contributed by atoms with Gasteiger partial charge in [0.25, 0.3) is 0 Å². The molecule has 1 saturated heterocycles. The molecule has 0 aromatic heterocycles. The van der Waals surface area contributed by atoms with E-state index in [4.69, 9.17) is 5.73 Å². The SMILES string of the molecule is CC(CC1CCCCCN1)NCCCCC(N)=O. The maximum absolute atomic E-state index is 10.6. The highest BCUT2D eigenvalue weighted by Crippen LogP contribution is 2.12.